The van der Waals surface area contributed by atoms with Crippen molar-refractivity contribution in [2.45, 2.75) is 11.8 Å². The van der Waals surface area contributed by atoms with Crippen LogP contribution < -0.4 is 0 Å². The van der Waals surface area contributed by atoms with E-state index in [-0.39, 0.29) is 17.6 Å². The van der Waals surface area contributed by atoms with Gasteiger partial charge in [0.2, 0.25) is 0 Å². The molecule has 24 heavy (non-hydrogen) atoms. The molecule has 0 amide bonds. The van der Waals surface area contributed by atoms with Gasteiger partial charge in [-0.25, -0.2) is 0 Å². The SMILES string of the molecule is O=C(c1ccccc1)C(c1ccccc1)C1C=Cc2ccccc21. The molecular weight excluding hydrogens is 292 g/mol. The van der Waals surface area contributed by atoms with E-state index < -0.39 is 0 Å². The summed E-state index contributed by atoms with van der Waals surface area (Å²) in [6, 6.07) is 28.1. The van der Waals surface area contributed by atoms with Gasteiger partial charge in [0.1, 0.15) is 0 Å². The summed E-state index contributed by atoms with van der Waals surface area (Å²) in [7, 11) is 0. The zero-order chi connectivity index (χ0) is 16.4. The Morgan fingerprint density at radius 3 is 2.12 bits per heavy atom. The second-order valence-electron chi connectivity index (χ2n) is 6.13. The van der Waals surface area contributed by atoms with Gasteiger partial charge in [0.05, 0.1) is 5.92 Å². The maximum absolute atomic E-state index is 13.3. The second-order valence-corrected chi connectivity index (χ2v) is 6.13. The molecule has 4 rings (SSSR count). The van der Waals surface area contributed by atoms with E-state index in [4.69, 9.17) is 0 Å². The fourth-order valence-corrected chi connectivity index (χ4v) is 3.53. The summed E-state index contributed by atoms with van der Waals surface area (Å²) in [5, 5.41) is 0. The summed E-state index contributed by atoms with van der Waals surface area (Å²) >= 11 is 0. The summed E-state index contributed by atoms with van der Waals surface area (Å²) in [6.45, 7) is 0. The van der Waals surface area contributed by atoms with Crippen LogP contribution in [0.25, 0.3) is 6.08 Å². The molecule has 2 atom stereocenters. The highest BCUT2D eigenvalue weighted by Crippen LogP contribution is 2.42. The van der Waals surface area contributed by atoms with Crippen molar-refractivity contribution in [3.63, 3.8) is 0 Å². The van der Waals surface area contributed by atoms with E-state index in [0.717, 1.165) is 11.1 Å². The van der Waals surface area contributed by atoms with Crippen LogP contribution in [0, 0.1) is 0 Å². The number of hydrogen-bond acceptors (Lipinski definition) is 1. The molecule has 0 saturated heterocycles. The first kappa shape index (κ1) is 14.6. The Hall–Kier alpha value is -2.93. The lowest BCUT2D eigenvalue weighted by molar-refractivity contribution is 0.0953. The minimum absolute atomic E-state index is 0.0799. The van der Waals surface area contributed by atoms with E-state index in [1.54, 1.807) is 0 Å². The Morgan fingerprint density at radius 2 is 1.38 bits per heavy atom. The summed E-state index contributed by atoms with van der Waals surface area (Å²) in [4.78, 5) is 13.3. The van der Waals surface area contributed by atoms with Gasteiger partial charge in [0.25, 0.3) is 0 Å². The lowest BCUT2D eigenvalue weighted by atomic mass is 9.78. The molecule has 0 bridgehead atoms. The average molecular weight is 310 g/mol. The predicted molar refractivity (Wildman–Crippen MR) is 98.2 cm³/mol. The van der Waals surface area contributed by atoms with Crippen molar-refractivity contribution < 1.29 is 4.79 Å². The van der Waals surface area contributed by atoms with Gasteiger partial charge in [-0.15, -0.1) is 0 Å². The predicted octanol–water partition coefficient (Wildman–Crippen LogP) is 5.46. The third kappa shape index (κ3) is 2.59. The fourth-order valence-electron chi connectivity index (χ4n) is 3.53. The van der Waals surface area contributed by atoms with Crippen LogP contribution in [0.2, 0.25) is 0 Å². The smallest absolute Gasteiger partial charge is 0.171 e. The van der Waals surface area contributed by atoms with Crippen molar-refractivity contribution in [3.8, 4) is 0 Å². The molecule has 1 aliphatic carbocycles. The van der Waals surface area contributed by atoms with Gasteiger partial charge in [-0.1, -0.05) is 97.1 Å². The summed E-state index contributed by atoms with van der Waals surface area (Å²) < 4.78 is 0. The van der Waals surface area contributed by atoms with E-state index in [1.807, 2.05) is 60.7 Å². The molecule has 1 heteroatoms. The number of Topliss-reactive ketones (excluding diaryl/α,β-unsaturated/α-hetero) is 1. The van der Waals surface area contributed by atoms with Crippen LogP contribution in [0.5, 0.6) is 0 Å². The van der Waals surface area contributed by atoms with Crippen LogP contribution in [-0.2, 0) is 0 Å². The number of fused-ring (bicyclic) bond motifs is 1. The van der Waals surface area contributed by atoms with Crippen LogP contribution in [0.1, 0.15) is 38.9 Å². The number of ketones is 1. The van der Waals surface area contributed by atoms with Crippen LogP contribution in [0.3, 0.4) is 0 Å². The largest absolute Gasteiger partial charge is 0.293 e. The van der Waals surface area contributed by atoms with Crippen molar-refractivity contribution in [1.82, 2.24) is 0 Å². The average Bonchev–Trinajstić information content (AvgIpc) is 3.07. The standard InChI is InChI=1S/C23H18O/c24-23(19-12-5-2-6-13-19)22(18-10-3-1-4-11-18)21-16-15-17-9-7-8-14-20(17)21/h1-16,21-22H. The van der Waals surface area contributed by atoms with E-state index in [9.17, 15) is 4.79 Å². The molecule has 116 valence electrons. The molecule has 3 aromatic rings. The van der Waals surface area contributed by atoms with Crippen LogP contribution in [0.15, 0.2) is 91.0 Å². The van der Waals surface area contributed by atoms with Gasteiger partial charge >= 0.3 is 0 Å². The Balaban J connectivity index is 1.81. The number of rotatable bonds is 4. The Kier molecular flexibility index (Phi) is 3.84. The normalized spacial score (nSPS) is 16.6. The number of carbonyl (C=O) groups is 1. The van der Waals surface area contributed by atoms with Crippen molar-refractivity contribution >= 4 is 11.9 Å². The molecule has 0 heterocycles. The van der Waals surface area contributed by atoms with E-state index in [2.05, 4.69) is 36.4 Å². The van der Waals surface area contributed by atoms with E-state index in [0.29, 0.717) is 0 Å². The lowest BCUT2D eigenvalue weighted by Crippen LogP contribution is -2.19. The highest BCUT2D eigenvalue weighted by atomic mass is 16.1. The maximum atomic E-state index is 13.3. The van der Waals surface area contributed by atoms with Crippen molar-refractivity contribution in [2.75, 3.05) is 0 Å². The monoisotopic (exact) mass is 310 g/mol. The van der Waals surface area contributed by atoms with Gasteiger partial charge in [-0.2, -0.15) is 0 Å². The first-order valence-corrected chi connectivity index (χ1v) is 8.26. The van der Waals surface area contributed by atoms with E-state index in [1.165, 1.54) is 11.1 Å². The minimum atomic E-state index is -0.200. The summed E-state index contributed by atoms with van der Waals surface area (Å²) in [5.41, 5.74) is 4.28. The van der Waals surface area contributed by atoms with Crippen LogP contribution in [0.4, 0.5) is 0 Å². The summed E-state index contributed by atoms with van der Waals surface area (Å²) in [6.07, 6.45) is 4.30. The van der Waals surface area contributed by atoms with Crippen molar-refractivity contribution in [3.05, 3.63) is 113 Å². The number of carbonyl (C=O) groups excluding carboxylic acids is 1. The topological polar surface area (TPSA) is 17.1 Å². The number of allylic oxidation sites excluding steroid dienone is 1. The minimum Gasteiger partial charge on any atom is -0.293 e. The summed E-state index contributed by atoms with van der Waals surface area (Å²) in [5.74, 6) is 0.0537. The molecule has 0 saturated carbocycles. The molecule has 0 radical (unpaired) electrons. The van der Waals surface area contributed by atoms with Gasteiger partial charge in [0.15, 0.2) is 5.78 Å². The maximum Gasteiger partial charge on any atom is 0.171 e. The van der Waals surface area contributed by atoms with Gasteiger partial charge < -0.3 is 0 Å². The zero-order valence-corrected chi connectivity index (χ0v) is 13.3. The zero-order valence-electron chi connectivity index (χ0n) is 13.3. The quantitative estimate of drug-likeness (QED) is 0.584. The molecule has 1 aliphatic rings. The molecular formula is C23H18O. The molecule has 0 fully saturated rings. The Morgan fingerprint density at radius 1 is 0.750 bits per heavy atom. The van der Waals surface area contributed by atoms with Crippen LogP contribution >= 0.6 is 0 Å². The van der Waals surface area contributed by atoms with Crippen molar-refractivity contribution in [1.29, 1.82) is 0 Å². The first-order chi connectivity index (χ1) is 11.8. The fraction of sp³-hybridized carbons (Fsp3) is 0.0870. The molecule has 0 aliphatic heterocycles. The third-order valence-corrected chi connectivity index (χ3v) is 4.70. The molecule has 2 unspecified atom stereocenters. The van der Waals surface area contributed by atoms with Gasteiger partial charge in [-0.05, 0) is 16.7 Å². The molecule has 3 aromatic carbocycles. The van der Waals surface area contributed by atoms with E-state index >= 15 is 0 Å². The second kappa shape index (κ2) is 6.29. The molecule has 0 spiro atoms. The van der Waals surface area contributed by atoms with Gasteiger partial charge in [0, 0.05) is 11.5 Å². The molecule has 1 nitrogen and oxygen atoms in total. The number of benzene rings is 3. The highest BCUT2D eigenvalue weighted by Gasteiger charge is 2.33. The first-order valence-electron chi connectivity index (χ1n) is 8.26. The Labute approximate surface area is 142 Å². The highest BCUT2D eigenvalue weighted by molar-refractivity contribution is 6.02. The third-order valence-electron chi connectivity index (χ3n) is 4.70. The molecule has 0 aromatic heterocycles. The van der Waals surface area contributed by atoms with Crippen molar-refractivity contribution in [2.24, 2.45) is 0 Å². The number of hydrogen-bond donors (Lipinski definition) is 0. The lowest BCUT2D eigenvalue weighted by Gasteiger charge is -2.23. The molecule has 0 N–H and O–H groups in total. The van der Waals surface area contributed by atoms with Crippen LogP contribution in [-0.4, -0.2) is 5.78 Å². The van der Waals surface area contributed by atoms with Gasteiger partial charge in [-0.3, -0.25) is 4.79 Å². The Bertz CT molecular complexity index is 878.